The number of hydrogen-bond acceptors (Lipinski definition) is 9. The molecule has 1 saturated heterocycles. The fourth-order valence-electron chi connectivity index (χ4n) is 5.64. The molecule has 0 spiro atoms. The molecule has 3 amide bonds. The summed E-state index contributed by atoms with van der Waals surface area (Å²) in [5, 5.41) is 12.0. The number of carboxylic acids is 1. The summed E-state index contributed by atoms with van der Waals surface area (Å²) < 4.78 is 16.8. The van der Waals surface area contributed by atoms with Crippen molar-refractivity contribution in [3.05, 3.63) is 71.9 Å². The van der Waals surface area contributed by atoms with Crippen LogP contribution < -0.4 is 14.8 Å². The van der Waals surface area contributed by atoms with E-state index in [4.69, 9.17) is 19.3 Å². The van der Waals surface area contributed by atoms with Gasteiger partial charge in [0.2, 0.25) is 11.8 Å². The quantitative estimate of drug-likeness (QED) is 0.298. The van der Waals surface area contributed by atoms with Gasteiger partial charge in [0.1, 0.15) is 23.6 Å². The lowest BCUT2D eigenvalue weighted by Gasteiger charge is -2.36. The number of hydrogen-bond donors (Lipinski definition) is 2. The first-order valence-corrected chi connectivity index (χ1v) is 15.9. The van der Waals surface area contributed by atoms with Gasteiger partial charge < -0.3 is 34.4 Å². The van der Waals surface area contributed by atoms with Crippen molar-refractivity contribution >= 4 is 23.9 Å². The number of rotatable bonds is 12. The van der Waals surface area contributed by atoms with Gasteiger partial charge in [0.25, 0.3) is 5.91 Å². The highest BCUT2D eigenvalue weighted by Crippen LogP contribution is 2.26. The number of aliphatic carboxylic acids is 1. The third-order valence-corrected chi connectivity index (χ3v) is 8.03. The number of carbonyl (C=O) groups excluding carboxylic acids is 3. The molecule has 0 radical (unpaired) electrons. The molecule has 1 atom stereocenters. The number of para-hydroxylation sites is 1. The fourth-order valence-corrected chi connectivity index (χ4v) is 5.64. The van der Waals surface area contributed by atoms with Gasteiger partial charge in [-0.2, -0.15) is 4.98 Å². The van der Waals surface area contributed by atoms with E-state index in [9.17, 15) is 19.2 Å². The Bertz CT molecular complexity index is 1560. The maximum atomic E-state index is 14.0. The smallest absolute Gasteiger partial charge is 0.409 e. The third-order valence-electron chi connectivity index (χ3n) is 8.03. The Labute approximate surface area is 272 Å². The normalized spacial score (nSPS) is 15.5. The van der Waals surface area contributed by atoms with E-state index in [0.717, 1.165) is 25.7 Å². The van der Waals surface area contributed by atoms with Gasteiger partial charge >= 0.3 is 12.1 Å². The van der Waals surface area contributed by atoms with E-state index >= 15 is 0 Å². The molecule has 1 aliphatic carbocycles. The molecule has 3 aromatic rings. The highest BCUT2D eigenvalue weighted by Gasteiger charge is 2.32. The van der Waals surface area contributed by atoms with Crippen molar-refractivity contribution in [1.82, 2.24) is 25.1 Å². The summed E-state index contributed by atoms with van der Waals surface area (Å²) in [6, 6.07) is 16.4. The maximum Gasteiger partial charge on any atom is 0.409 e. The number of aromatic nitrogens is 2. The minimum absolute atomic E-state index is 0.00524. The van der Waals surface area contributed by atoms with E-state index in [-0.39, 0.29) is 68.5 Å². The standard InChI is InChI=1S/C34H39N5O8/c1-2-45-34(44)39-18-16-38(17-19-39)33(43)27(20-24-12-6-9-15-28(24)46-22-30(40)41)36-32(42)26-21-29(47-25-13-7-8-14-25)37-31(35-26)23-10-4-3-5-11-23/h3-6,9-12,15,21,25,27H,2,7-8,13-14,16-20,22H2,1H3,(H,36,42)(H,40,41). The summed E-state index contributed by atoms with van der Waals surface area (Å²) in [4.78, 5) is 63.6. The fraction of sp³-hybridized carbons (Fsp3) is 0.412. The van der Waals surface area contributed by atoms with Crippen LogP contribution in [-0.4, -0.2) is 100 Å². The summed E-state index contributed by atoms with van der Waals surface area (Å²) in [5.41, 5.74) is 1.28. The van der Waals surface area contributed by atoms with Crippen molar-refractivity contribution in [2.75, 3.05) is 39.4 Å². The molecule has 13 nitrogen and oxygen atoms in total. The van der Waals surface area contributed by atoms with Crippen LogP contribution in [0.3, 0.4) is 0 Å². The molecule has 1 unspecified atom stereocenters. The number of ether oxygens (including phenoxy) is 3. The minimum atomic E-state index is -1.14. The van der Waals surface area contributed by atoms with Crippen LogP contribution in [0.2, 0.25) is 0 Å². The summed E-state index contributed by atoms with van der Waals surface area (Å²) in [5.74, 6) is -1.23. The van der Waals surface area contributed by atoms with E-state index in [1.54, 1.807) is 36.1 Å². The van der Waals surface area contributed by atoms with Gasteiger partial charge in [-0.15, -0.1) is 0 Å². The topological polar surface area (TPSA) is 160 Å². The second-order valence-electron chi connectivity index (χ2n) is 11.3. The molecule has 0 bridgehead atoms. The van der Waals surface area contributed by atoms with E-state index in [2.05, 4.69) is 15.3 Å². The maximum absolute atomic E-state index is 14.0. The molecule has 5 rings (SSSR count). The second-order valence-corrected chi connectivity index (χ2v) is 11.3. The molecule has 2 N–H and O–H groups in total. The predicted molar refractivity (Wildman–Crippen MR) is 170 cm³/mol. The van der Waals surface area contributed by atoms with E-state index < -0.39 is 30.6 Å². The van der Waals surface area contributed by atoms with Gasteiger partial charge in [-0.05, 0) is 44.2 Å². The molecular weight excluding hydrogens is 606 g/mol. The van der Waals surface area contributed by atoms with Gasteiger partial charge in [-0.3, -0.25) is 9.59 Å². The predicted octanol–water partition coefficient (Wildman–Crippen LogP) is 3.57. The zero-order valence-electron chi connectivity index (χ0n) is 26.3. The Morgan fingerprint density at radius 1 is 0.936 bits per heavy atom. The van der Waals surface area contributed by atoms with E-state index in [1.165, 1.54) is 11.0 Å². The summed E-state index contributed by atoms with van der Waals surface area (Å²) in [6.45, 7) is 2.45. The Kier molecular flexibility index (Phi) is 11.2. The van der Waals surface area contributed by atoms with Crippen LogP contribution in [0, 0.1) is 0 Å². The van der Waals surface area contributed by atoms with Crippen LogP contribution in [-0.2, 0) is 20.7 Å². The Morgan fingerprint density at radius 3 is 2.32 bits per heavy atom. The minimum Gasteiger partial charge on any atom is -0.482 e. The lowest BCUT2D eigenvalue weighted by atomic mass is 10.0. The van der Waals surface area contributed by atoms with Crippen LogP contribution in [0.5, 0.6) is 11.6 Å². The van der Waals surface area contributed by atoms with Crippen LogP contribution in [0.15, 0.2) is 60.7 Å². The van der Waals surface area contributed by atoms with Gasteiger partial charge in [0, 0.05) is 44.2 Å². The molecular formula is C34H39N5O8. The first-order chi connectivity index (χ1) is 22.8. The lowest BCUT2D eigenvalue weighted by Crippen LogP contribution is -2.56. The molecule has 248 valence electrons. The highest BCUT2D eigenvalue weighted by molar-refractivity contribution is 5.97. The molecule has 2 fully saturated rings. The molecule has 47 heavy (non-hydrogen) atoms. The molecule has 2 aromatic carbocycles. The summed E-state index contributed by atoms with van der Waals surface area (Å²) >= 11 is 0. The van der Waals surface area contributed by atoms with Gasteiger partial charge in [0.05, 0.1) is 6.61 Å². The van der Waals surface area contributed by atoms with Crippen molar-refractivity contribution in [2.24, 2.45) is 0 Å². The average Bonchev–Trinajstić information content (AvgIpc) is 3.60. The first kappa shape index (κ1) is 33.2. The van der Waals surface area contributed by atoms with E-state index in [0.29, 0.717) is 17.0 Å². The molecule has 1 aromatic heterocycles. The summed E-state index contributed by atoms with van der Waals surface area (Å²) in [6.07, 6.45) is 3.48. The van der Waals surface area contributed by atoms with Crippen molar-refractivity contribution < 1.29 is 38.5 Å². The summed E-state index contributed by atoms with van der Waals surface area (Å²) in [7, 11) is 0. The number of benzene rings is 2. The number of nitrogens with zero attached hydrogens (tertiary/aromatic N) is 4. The number of carboxylic acid groups (broad SMARTS) is 1. The molecule has 13 heteroatoms. The molecule has 1 aliphatic heterocycles. The van der Waals surface area contributed by atoms with Crippen molar-refractivity contribution in [1.29, 1.82) is 0 Å². The average molecular weight is 646 g/mol. The van der Waals surface area contributed by atoms with Crippen molar-refractivity contribution in [3.63, 3.8) is 0 Å². The molecule has 2 heterocycles. The van der Waals surface area contributed by atoms with Crippen LogP contribution >= 0.6 is 0 Å². The first-order valence-electron chi connectivity index (χ1n) is 15.9. The Morgan fingerprint density at radius 2 is 1.62 bits per heavy atom. The van der Waals surface area contributed by atoms with Crippen molar-refractivity contribution in [3.8, 4) is 23.0 Å². The molecule has 1 saturated carbocycles. The SMILES string of the molecule is CCOC(=O)N1CCN(C(=O)C(Cc2ccccc2OCC(=O)O)NC(=O)c2cc(OC3CCCC3)nc(-c3ccccc3)n2)CC1. The monoisotopic (exact) mass is 645 g/mol. The molecule has 2 aliphatic rings. The largest absolute Gasteiger partial charge is 0.482 e. The number of amides is 3. The van der Waals surface area contributed by atoms with Crippen LogP contribution in [0.4, 0.5) is 4.79 Å². The van der Waals surface area contributed by atoms with Crippen LogP contribution in [0.25, 0.3) is 11.4 Å². The van der Waals surface area contributed by atoms with Crippen LogP contribution in [0.1, 0.15) is 48.7 Å². The lowest BCUT2D eigenvalue weighted by molar-refractivity contribution is -0.139. The zero-order chi connectivity index (χ0) is 33.2. The number of carbonyl (C=O) groups is 4. The van der Waals surface area contributed by atoms with Gasteiger partial charge in [-0.25, -0.2) is 14.6 Å². The van der Waals surface area contributed by atoms with Gasteiger partial charge in [-0.1, -0.05) is 48.5 Å². The zero-order valence-corrected chi connectivity index (χ0v) is 26.3. The van der Waals surface area contributed by atoms with Crippen molar-refractivity contribution in [2.45, 2.75) is 51.2 Å². The Hall–Kier alpha value is -5.20. The Balaban J connectivity index is 1.41. The van der Waals surface area contributed by atoms with E-state index in [1.807, 2.05) is 30.3 Å². The number of nitrogens with one attached hydrogen (secondary N) is 1. The highest BCUT2D eigenvalue weighted by atomic mass is 16.6. The second kappa shape index (κ2) is 15.9. The third kappa shape index (κ3) is 8.96. The number of piperazine rings is 1. The van der Waals surface area contributed by atoms with Gasteiger partial charge in [0.15, 0.2) is 12.4 Å².